The molecule has 0 bridgehead atoms. The highest BCUT2D eigenvalue weighted by Gasteiger charge is 2.49. The third-order valence-electron chi connectivity index (χ3n) is 21.9. The van der Waals surface area contributed by atoms with E-state index in [9.17, 15) is 103 Å². The van der Waals surface area contributed by atoms with Crippen LogP contribution in [0.1, 0.15) is 213 Å². The van der Waals surface area contributed by atoms with Gasteiger partial charge >= 0.3 is 0 Å². The Hall–Kier alpha value is -7.86. The highest BCUT2D eigenvalue weighted by Crippen LogP contribution is 2.34. The number of hydrogen-bond acceptors (Lipinski definition) is 24. The first-order valence-electron chi connectivity index (χ1n) is 40.3. The minimum atomic E-state index is -2.49. The van der Waals surface area contributed by atoms with Crippen molar-refractivity contribution in [3.05, 3.63) is 59.7 Å². The fraction of sp³-hybridized carbons (Fsp3) is 0.691. The molecule has 0 aliphatic carbocycles. The minimum Gasteiger partial charge on any atom is -0.506 e. The van der Waals surface area contributed by atoms with Crippen LogP contribution in [0.4, 0.5) is 5.69 Å². The monoisotopic (exact) mass is 1620 g/mol. The number of amides is 9. The lowest BCUT2D eigenvalue weighted by Crippen LogP contribution is -2.61. The van der Waals surface area contributed by atoms with Gasteiger partial charge in [-0.1, -0.05) is 129 Å². The fourth-order valence-corrected chi connectivity index (χ4v) is 15.6. The van der Waals surface area contributed by atoms with E-state index in [1.807, 2.05) is 38.3 Å². The molecule has 638 valence electrons. The molecule has 5 rings (SSSR count). The van der Waals surface area contributed by atoms with Crippen molar-refractivity contribution < 1.29 is 108 Å². The van der Waals surface area contributed by atoms with Gasteiger partial charge < -0.3 is 99.1 Å². The smallest absolute Gasteiger partial charge is 0.248 e. The number of nitrogens with zero attached hydrogens (tertiary/aromatic N) is 2. The lowest BCUT2D eigenvalue weighted by molar-refractivity contribution is -0.150. The van der Waals surface area contributed by atoms with Gasteiger partial charge in [-0.15, -0.1) is 0 Å². The summed E-state index contributed by atoms with van der Waals surface area (Å²) in [4.78, 5) is 183. The number of benzene rings is 2. The summed E-state index contributed by atoms with van der Waals surface area (Å²) in [5, 5.41) is 118. The number of rotatable bonds is 44. The number of fused-ring (bicyclic) bond motifs is 2. The first-order chi connectivity index (χ1) is 54.0. The zero-order valence-electron chi connectivity index (χ0n) is 66.9. The van der Waals surface area contributed by atoms with Gasteiger partial charge in [0.2, 0.25) is 53.7 Å². The summed E-state index contributed by atoms with van der Waals surface area (Å²) in [7, 11) is 0. The van der Waals surface area contributed by atoms with Crippen LogP contribution in [0.2, 0.25) is 0 Å². The van der Waals surface area contributed by atoms with Gasteiger partial charge in [-0.3, -0.25) is 62.3 Å². The number of nitrogens with two attached hydrogens (primary N) is 2. The average molecular weight is 1620 g/mol. The number of primary amides is 1. The molecule has 20 atom stereocenters. The Kier molecular flexibility index (Phi) is 41.3. The van der Waals surface area contributed by atoms with Crippen LogP contribution in [0.3, 0.4) is 0 Å². The first-order valence-corrected chi connectivity index (χ1v) is 41.7. The van der Waals surface area contributed by atoms with Crippen molar-refractivity contribution in [3.63, 3.8) is 0 Å². The summed E-state index contributed by atoms with van der Waals surface area (Å²) in [5.74, 6) is -14.6. The summed E-state index contributed by atoms with van der Waals surface area (Å²) >= 11 is 1.51. The van der Waals surface area contributed by atoms with Crippen LogP contribution in [-0.2, 0) is 68.7 Å². The van der Waals surface area contributed by atoms with Gasteiger partial charge in [0.05, 0.1) is 78.8 Å². The standard InChI is InChI=1S/C81H126N10O22S/c1-8-46(4)34-47(5)21-15-11-9-10-12-18-24-53(94)36-52-39-67(102)78(110)89-79(111)71-63(98)29-31-90(71)81(113)70(66(101)42-68(83)103)88-76(108)55(41-65(100)60-40-54(95)43-91(60)80(112)69(48(6)93)87-75(52)107)73(105)72(104)50-27-28-62(97)59(37-50)86-77(109)56(82)25-19-14-20-26-61(96)58(35-49-22-16-13-17-23-49)85-74(106)51(33-45(2)3)38-64(99)57(84-44-92)30-32-114-7/h13,16-17,22-23,27-28,37,44-48,51-52,54-58,60,63,66-67,69-73,78,93,95,97-98,101-102,104-105,110H,8-12,14-15,18-21,24-26,29-36,38-43,82H2,1-7H3,(H2,83,103)(H,84,92)(H,85,106)(H,86,109)(H,87,107)(H,88,108)(H,89,111)/t46-,47+,48+,51+,52-,54+,55-,56-,57-,58-,60-,63-,66+,67+,69-,70-,71-,72-,73-,78+/m0/s1. The maximum atomic E-state index is 15.0. The van der Waals surface area contributed by atoms with E-state index in [0.29, 0.717) is 73.8 Å². The number of thioether (sulfide) groups is 1. The summed E-state index contributed by atoms with van der Waals surface area (Å²) in [5.41, 5.74) is 11.9. The molecule has 0 spiro atoms. The Morgan fingerprint density at radius 3 is 1.98 bits per heavy atom. The molecule has 0 radical (unpaired) electrons. The van der Waals surface area contributed by atoms with E-state index in [-0.39, 0.29) is 67.3 Å². The SMILES string of the molecule is CC[C@H](C)C[C@H](C)CCCCCCCCC(=O)C[C@H]1C[C@@H](O)[C@@H](O)NC(=O)[C@@H]2[C@@H](O)CCN2C(=O)[C@H]([C@H](O)CC(N)=O)NC(=O)[C@H]([C@H](O)[C@@H](O)c2ccc(O)c(NC(=O)[C@@H](N)CCCCCC(=O)[C@H](Cc3ccccc3)NC(=O)[C@@H](CC(=O)[C@H](CCSC)NC=O)CC(C)C)c2)CC(=O)[C@@H]2C[C@@H](O)CN2C(=O)[C@H]([C@@H](C)O)NC1=O. The Balaban J connectivity index is 1.38. The van der Waals surface area contributed by atoms with Gasteiger partial charge in [0, 0.05) is 63.5 Å². The number of aromatic hydroxyl groups is 1. The van der Waals surface area contributed by atoms with Crippen LogP contribution in [-0.4, -0.2) is 243 Å². The van der Waals surface area contributed by atoms with Crippen LogP contribution >= 0.6 is 11.8 Å². The highest BCUT2D eigenvalue weighted by atomic mass is 32.2. The molecule has 9 amide bonds. The molecule has 0 saturated carbocycles. The van der Waals surface area contributed by atoms with Crippen LogP contribution in [0.15, 0.2) is 48.5 Å². The van der Waals surface area contributed by atoms with E-state index >= 15 is 4.79 Å². The average Bonchev–Trinajstić information content (AvgIpc) is 1.55. The quantitative estimate of drug-likeness (QED) is 0.0256. The van der Waals surface area contributed by atoms with Crippen molar-refractivity contribution in [2.45, 2.75) is 293 Å². The van der Waals surface area contributed by atoms with E-state index in [1.165, 1.54) is 11.8 Å². The normalized spacial score (nSPS) is 24.2. The molecule has 2 aromatic rings. The molecule has 0 unspecified atom stereocenters. The second-order valence-corrected chi connectivity index (χ2v) is 32.9. The maximum absolute atomic E-state index is 15.0. The number of carbonyl (C=O) groups is 13. The largest absolute Gasteiger partial charge is 0.506 e. The number of unbranched alkanes of at least 4 members (excludes halogenated alkanes) is 7. The second-order valence-electron chi connectivity index (χ2n) is 31.9. The van der Waals surface area contributed by atoms with E-state index in [1.54, 1.807) is 12.1 Å². The van der Waals surface area contributed by atoms with Gasteiger partial charge in [0.1, 0.15) is 35.8 Å². The number of anilines is 1. The summed E-state index contributed by atoms with van der Waals surface area (Å²) in [6, 6.07) is 1.06. The topological polar surface area (TPSA) is 535 Å². The van der Waals surface area contributed by atoms with Gasteiger partial charge in [-0.2, -0.15) is 11.8 Å². The molecule has 3 saturated heterocycles. The maximum Gasteiger partial charge on any atom is 0.248 e. The van der Waals surface area contributed by atoms with Gasteiger partial charge in [0.15, 0.2) is 23.6 Å². The molecular formula is C81H126N10O22S. The Morgan fingerprint density at radius 1 is 0.693 bits per heavy atom. The zero-order valence-corrected chi connectivity index (χ0v) is 67.7. The van der Waals surface area contributed by atoms with E-state index in [0.717, 1.165) is 80.5 Å². The van der Waals surface area contributed by atoms with Crippen LogP contribution in [0, 0.1) is 35.5 Å². The summed E-state index contributed by atoms with van der Waals surface area (Å²) in [6.45, 7) is 10.5. The third-order valence-corrected chi connectivity index (χ3v) is 22.5. The van der Waals surface area contributed by atoms with Gasteiger partial charge in [0.25, 0.3) is 0 Å². The number of aliphatic hydroxyl groups is 8. The molecule has 3 fully saturated rings. The molecule has 33 heteroatoms. The number of aliphatic hydroxyl groups excluding tert-OH is 8. The van der Waals surface area contributed by atoms with Crippen molar-refractivity contribution in [1.82, 2.24) is 36.4 Å². The molecular weight excluding hydrogens is 1500 g/mol. The summed E-state index contributed by atoms with van der Waals surface area (Å²) in [6.07, 6.45) is -8.56. The predicted molar refractivity (Wildman–Crippen MR) is 423 cm³/mol. The molecule has 114 heavy (non-hydrogen) atoms. The molecule has 19 N–H and O–H groups in total. The van der Waals surface area contributed by atoms with Crippen LogP contribution in [0.25, 0.3) is 0 Å². The molecule has 3 aliphatic heterocycles. The number of phenolic OH excluding ortho intramolecular Hbond substituents is 1. The second kappa shape index (κ2) is 48.6. The number of phenols is 1. The first kappa shape index (κ1) is 96.7. The predicted octanol–water partition coefficient (Wildman–Crippen LogP) is 1.84. The highest BCUT2D eigenvalue weighted by molar-refractivity contribution is 7.98. The van der Waals surface area contributed by atoms with E-state index in [2.05, 4.69) is 52.7 Å². The van der Waals surface area contributed by atoms with E-state index in [4.69, 9.17) is 11.5 Å². The molecule has 3 heterocycles. The van der Waals surface area contributed by atoms with Crippen molar-refractivity contribution in [3.8, 4) is 5.75 Å². The number of carbonyl (C=O) groups excluding carboxylic acids is 13. The lowest BCUT2D eigenvalue weighted by Gasteiger charge is -2.34. The Labute approximate surface area is 672 Å². The van der Waals surface area contributed by atoms with Crippen LogP contribution < -0.4 is 43.4 Å². The molecule has 3 aliphatic rings. The minimum absolute atomic E-state index is 0.00443. The zero-order chi connectivity index (χ0) is 84.6. The van der Waals surface area contributed by atoms with Gasteiger partial charge in [-0.25, -0.2) is 0 Å². The Morgan fingerprint density at radius 2 is 1.33 bits per heavy atom. The van der Waals surface area contributed by atoms with Crippen molar-refractivity contribution >= 4 is 94.2 Å². The number of Topliss-reactive ketones (excluding diaryl/α,β-unsaturated/α-hetero) is 4. The Bertz CT molecular complexity index is 3500. The van der Waals surface area contributed by atoms with Crippen molar-refractivity contribution in [2.75, 3.05) is 30.4 Å². The molecule has 32 nitrogen and oxygen atoms in total. The van der Waals surface area contributed by atoms with Gasteiger partial charge in [-0.05, 0) is 118 Å². The third kappa shape index (κ3) is 30.6. The number of nitrogens with one attached hydrogen (secondary N) is 6. The van der Waals surface area contributed by atoms with Crippen molar-refractivity contribution in [2.24, 2.45) is 47.0 Å². The van der Waals surface area contributed by atoms with Crippen molar-refractivity contribution in [1.29, 1.82) is 0 Å². The van der Waals surface area contributed by atoms with E-state index < -0.39 is 219 Å². The summed E-state index contributed by atoms with van der Waals surface area (Å²) < 4.78 is 0. The fourth-order valence-electron chi connectivity index (χ4n) is 15.2. The number of ketones is 4. The molecule has 0 aromatic heterocycles. The number of hydrogen-bond donors (Lipinski definition) is 17. The molecule has 2 aromatic carbocycles. The van der Waals surface area contributed by atoms with Crippen LogP contribution in [0.5, 0.6) is 5.75 Å². The lowest BCUT2D eigenvalue weighted by atomic mass is 9.86.